The van der Waals surface area contributed by atoms with Crippen LogP contribution in [-0.4, -0.2) is 34.8 Å². The zero-order valence-corrected chi connectivity index (χ0v) is 18.0. The number of thiazole rings is 1. The second-order valence-electron chi connectivity index (χ2n) is 6.74. The first-order valence-electron chi connectivity index (χ1n) is 10.0. The van der Waals surface area contributed by atoms with Crippen molar-refractivity contribution in [2.75, 3.05) is 18.4 Å². The van der Waals surface area contributed by atoms with Crippen molar-refractivity contribution in [3.05, 3.63) is 82.4 Å². The summed E-state index contributed by atoms with van der Waals surface area (Å²) in [7, 11) is 0. The Hall–Kier alpha value is -3.03. The number of nitrogens with one attached hydrogen (secondary N) is 2. The lowest BCUT2D eigenvalue weighted by Crippen LogP contribution is -2.26. The maximum atomic E-state index is 12.9. The summed E-state index contributed by atoms with van der Waals surface area (Å²) in [5.74, 6) is -0.422. The second kappa shape index (κ2) is 10.7. The molecule has 0 spiro atoms. The van der Waals surface area contributed by atoms with E-state index in [0.29, 0.717) is 34.4 Å². The predicted octanol–water partition coefficient (Wildman–Crippen LogP) is 4.17. The monoisotopic (exact) mass is 422 g/mol. The van der Waals surface area contributed by atoms with Gasteiger partial charge in [0.1, 0.15) is 4.88 Å². The number of carbonyl (C=O) groups excluding carboxylic acids is 2. The average molecular weight is 423 g/mol. The highest BCUT2D eigenvalue weighted by atomic mass is 32.1. The number of rotatable bonds is 9. The third-order valence-electron chi connectivity index (χ3n) is 4.72. The number of hydrogen-bond donors (Lipinski definition) is 2. The van der Waals surface area contributed by atoms with E-state index in [2.05, 4.69) is 34.4 Å². The Morgan fingerprint density at radius 2 is 1.57 bits per heavy atom. The van der Waals surface area contributed by atoms with E-state index in [1.54, 1.807) is 12.1 Å². The molecule has 30 heavy (non-hydrogen) atoms. The van der Waals surface area contributed by atoms with Crippen molar-refractivity contribution in [3.63, 3.8) is 0 Å². The normalized spacial score (nSPS) is 10.8. The lowest BCUT2D eigenvalue weighted by atomic mass is 10.2. The van der Waals surface area contributed by atoms with Crippen LogP contribution < -0.4 is 10.6 Å². The van der Waals surface area contributed by atoms with Crippen LogP contribution in [0, 0.1) is 0 Å². The molecule has 0 aliphatic rings. The van der Waals surface area contributed by atoms with E-state index in [1.165, 1.54) is 11.3 Å². The molecule has 2 aromatic carbocycles. The van der Waals surface area contributed by atoms with Gasteiger partial charge in [-0.1, -0.05) is 73.7 Å². The standard InChI is InChI=1S/C23H26N4O2S/c1-3-27(4-2)16-19-20(22(29)24-15-17-11-7-5-8-12-17)30-23(25-19)26-21(28)18-13-9-6-10-14-18/h5-14H,3-4,15-16H2,1-2H3,(H,24,29)(H,25,26,28). The fourth-order valence-corrected chi connectivity index (χ4v) is 3.85. The molecule has 3 rings (SSSR count). The van der Waals surface area contributed by atoms with Gasteiger partial charge < -0.3 is 5.32 Å². The number of nitrogens with zero attached hydrogens (tertiary/aromatic N) is 2. The van der Waals surface area contributed by atoms with Gasteiger partial charge >= 0.3 is 0 Å². The molecule has 0 unspecified atom stereocenters. The second-order valence-corrected chi connectivity index (χ2v) is 7.74. The Morgan fingerprint density at radius 3 is 2.20 bits per heavy atom. The number of amides is 2. The van der Waals surface area contributed by atoms with Gasteiger partial charge in [-0.25, -0.2) is 4.98 Å². The van der Waals surface area contributed by atoms with E-state index >= 15 is 0 Å². The highest BCUT2D eigenvalue weighted by molar-refractivity contribution is 7.17. The molecular weight excluding hydrogens is 396 g/mol. The molecule has 2 N–H and O–H groups in total. The van der Waals surface area contributed by atoms with Crippen LogP contribution >= 0.6 is 11.3 Å². The van der Waals surface area contributed by atoms with Crippen molar-refractivity contribution >= 4 is 28.3 Å². The average Bonchev–Trinajstić information content (AvgIpc) is 3.19. The topological polar surface area (TPSA) is 74.3 Å². The predicted molar refractivity (Wildman–Crippen MR) is 121 cm³/mol. The van der Waals surface area contributed by atoms with Crippen LogP contribution in [0.25, 0.3) is 0 Å². The molecule has 156 valence electrons. The molecule has 0 saturated carbocycles. The first kappa shape index (κ1) is 21.7. The van der Waals surface area contributed by atoms with Gasteiger partial charge in [-0.3, -0.25) is 19.8 Å². The largest absolute Gasteiger partial charge is 0.347 e. The Balaban J connectivity index is 1.78. The molecule has 0 aliphatic heterocycles. The van der Waals surface area contributed by atoms with Crippen molar-refractivity contribution in [1.82, 2.24) is 15.2 Å². The molecule has 1 heterocycles. The minimum absolute atomic E-state index is 0.182. The van der Waals surface area contributed by atoms with Gasteiger partial charge in [0.05, 0.1) is 5.69 Å². The van der Waals surface area contributed by atoms with Gasteiger partial charge in [0.2, 0.25) is 0 Å². The Labute approximate surface area is 181 Å². The van der Waals surface area contributed by atoms with Crippen molar-refractivity contribution in [1.29, 1.82) is 0 Å². The summed E-state index contributed by atoms with van der Waals surface area (Å²) in [6, 6.07) is 18.7. The van der Waals surface area contributed by atoms with Gasteiger partial charge in [0, 0.05) is 18.7 Å². The molecule has 0 aliphatic carbocycles. The quantitative estimate of drug-likeness (QED) is 0.543. The summed E-state index contributed by atoms with van der Waals surface area (Å²) in [4.78, 5) is 32.7. The van der Waals surface area contributed by atoms with Crippen LogP contribution in [0.2, 0.25) is 0 Å². The molecule has 0 radical (unpaired) electrons. The van der Waals surface area contributed by atoms with Crippen molar-refractivity contribution in [2.45, 2.75) is 26.9 Å². The fourth-order valence-electron chi connectivity index (χ4n) is 2.97. The number of aromatic nitrogens is 1. The van der Waals surface area contributed by atoms with E-state index in [9.17, 15) is 9.59 Å². The molecule has 0 bridgehead atoms. The first-order valence-corrected chi connectivity index (χ1v) is 10.8. The molecule has 3 aromatic rings. The van der Waals surface area contributed by atoms with Gasteiger partial charge in [-0.2, -0.15) is 0 Å². The van der Waals surface area contributed by atoms with Crippen LogP contribution in [0.4, 0.5) is 5.13 Å². The third kappa shape index (κ3) is 5.75. The zero-order chi connectivity index (χ0) is 21.3. The highest BCUT2D eigenvalue weighted by Gasteiger charge is 2.21. The maximum Gasteiger partial charge on any atom is 0.263 e. The van der Waals surface area contributed by atoms with E-state index in [4.69, 9.17) is 0 Å². The van der Waals surface area contributed by atoms with E-state index < -0.39 is 0 Å². The number of anilines is 1. The first-order chi connectivity index (χ1) is 14.6. The van der Waals surface area contributed by atoms with E-state index in [-0.39, 0.29) is 11.8 Å². The van der Waals surface area contributed by atoms with Crippen LogP contribution in [0.15, 0.2) is 60.7 Å². The molecular formula is C23H26N4O2S. The summed E-state index contributed by atoms with van der Waals surface area (Å²) in [6.07, 6.45) is 0. The molecule has 2 amide bonds. The van der Waals surface area contributed by atoms with E-state index in [0.717, 1.165) is 18.7 Å². The Bertz CT molecular complexity index is 969. The molecule has 6 nitrogen and oxygen atoms in total. The minimum atomic E-state index is -0.241. The molecule has 0 fully saturated rings. The zero-order valence-electron chi connectivity index (χ0n) is 17.2. The highest BCUT2D eigenvalue weighted by Crippen LogP contribution is 2.25. The minimum Gasteiger partial charge on any atom is -0.347 e. The van der Waals surface area contributed by atoms with Gasteiger partial charge in [-0.05, 0) is 30.8 Å². The molecule has 7 heteroatoms. The Morgan fingerprint density at radius 1 is 0.933 bits per heavy atom. The fraction of sp³-hybridized carbons (Fsp3) is 0.261. The summed E-state index contributed by atoms with van der Waals surface area (Å²) in [6.45, 7) is 6.84. The SMILES string of the molecule is CCN(CC)Cc1nc(NC(=O)c2ccccc2)sc1C(=O)NCc1ccccc1. The van der Waals surface area contributed by atoms with Gasteiger partial charge in [0.25, 0.3) is 11.8 Å². The van der Waals surface area contributed by atoms with Crippen molar-refractivity contribution in [3.8, 4) is 0 Å². The third-order valence-corrected chi connectivity index (χ3v) is 5.74. The lowest BCUT2D eigenvalue weighted by molar-refractivity contribution is 0.0952. The van der Waals surface area contributed by atoms with Crippen molar-refractivity contribution in [2.24, 2.45) is 0 Å². The molecule has 0 saturated heterocycles. The number of hydrogen-bond acceptors (Lipinski definition) is 5. The van der Waals surface area contributed by atoms with Gasteiger partial charge in [0.15, 0.2) is 5.13 Å². The number of carbonyl (C=O) groups is 2. The maximum absolute atomic E-state index is 12.9. The molecule has 0 atom stereocenters. The van der Waals surface area contributed by atoms with Crippen LogP contribution in [0.5, 0.6) is 0 Å². The summed E-state index contributed by atoms with van der Waals surface area (Å²) in [5, 5.41) is 6.22. The van der Waals surface area contributed by atoms with Crippen LogP contribution in [0.1, 0.15) is 45.1 Å². The van der Waals surface area contributed by atoms with Gasteiger partial charge in [-0.15, -0.1) is 0 Å². The summed E-state index contributed by atoms with van der Waals surface area (Å²) < 4.78 is 0. The molecule has 1 aromatic heterocycles. The lowest BCUT2D eigenvalue weighted by Gasteiger charge is -2.17. The number of benzene rings is 2. The Kier molecular flexibility index (Phi) is 7.70. The van der Waals surface area contributed by atoms with Crippen LogP contribution in [0.3, 0.4) is 0 Å². The van der Waals surface area contributed by atoms with Crippen molar-refractivity contribution < 1.29 is 9.59 Å². The van der Waals surface area contributed by atoms with Crippen LogP contribution in [-0.2, 0) is 13.1 Å². The summed E-state index contributed by atoms with van der Waals surface area (Å²) >= 11 is 1.21. The smallest absolute Gasteiger partial charge is 0.263 e. The summed E-state index contributed by atoms with van der Waals surface area (Å²) in [5.41, 5.74) is 2.25. The van der Waals surface area contributed by atoms with E-state index in [1.807, 2.05) is 48.5 Å².